The minimum atomic E-state index is -5.08. The number of carbonyl (C=O) groups excluding carboxylic acids is 3. The number of benzene rings is 1. The molecule has 3 aliphatic heterocycles. The molecule has 0 aromatic heterocycles. The molecule has 216 valence electrons. The van der Waals surface area contributed by atoms with E-state index in [1.807, 2.05) is 18.2 Å². The van der Waals surface area contributed by atoms with Crippen LogP contribution < -0.4 is 4.74 Å². The molecule has 4 rings (SSSR count). The predicted molar refractivity (Wildman–Crippen MR) is 135 cm³/mol. The van der Waals surface area contributed by atoms with Gasteiger partial charge in [0.1, 0.15) is 11.3 Å². The number of ether oxygens (including phenoxy) is 2. The highest BCUT2D eigenvalue weighted by molar-refractivity contribution is 8.00. The Balaban J connectivity index is 0.000000532. The Morgan fingerprint density at radius 2 is 1.85 bits per heavy atom. The number of carbonyl (C=O) groups is 4. The van der Waals surface area contributed by atoms with Gasteiger partial charge in [-0.2, -0.15) is 13.2 Å². The molecule has 0 radical (unpaired) electrons. The van der Waals surface area contributed by atoms with Crippen molar-refractivity contribution in [2.45, 2.75) is 67.9 Å². The number of aliphatic carboxylic acids is 1. The van der Waals surface area contributed by atoms with Gasteiger partial charge in [-0.1, -0.05) is 19.9 Å². The van der Waals surface area contributed by atoms with Crippen molar-refractivity contribution >= 4 is 35.5 Å². The number of fused-ring (bicyclic) bond motifs is 3. The van der Waals surface area contributed by atoms with E-state index in [9.17, 15) is 27.6 Å². The second-order valence-corrected chi connectivity index (χ2v) is 11.1. The summed E-state index contributed by atoms with van der Waals surface area (Å²) in [6.45, 7) is 7.08. The van der Waals surface area contributed by atoms with Crippen LogP contribution in [0, 0.1) is 11.8 Å². The van der Waals surface area contributed by atoms with E-state index in [0.29, 0.717) is 24.8 Å². The average molecular weight is 575 g/mol. The molecule has 39 heavy (non-hydrogen) atoms. The van der Waals surface area contributed by atoms with Crippen molar-refractivity contribution in [2.75, 3.05) is 27.3 Å². The Kier molecular flexibility index (Phi) is 9.26. The number of methoxy groups -OCH3 is 2. The van der Waals surface area contributed by atoms with Gasteiger partial charge in [0.05, 0.1) is 26.1 Å². The fraction of sp³-hybridized carbons (Fsp3) is 0.615. The van der Waals surface area contributed by atoms with Gasteiger partial charge in [-0.25, -0.2) is 4.79 Å². The molecule has 0 aliphatic carbocycles. The SMILES string of the molecule is CCC(C)Sc1ccc([C@@H]2[C@H]3C(=O)N(CC)C(=O)[C@H]3[C@]3(C(=O)OC)CCCN23)cc1OC.O=C(O)C(F)(F)F. The maximum atomic E-state index is 13.4. The lowest BCUT2D eigenvalue weighted by molar-refractivity contribution is -0.192. The largest absolute Gasteiger partial charge is 0.496 e. The molecule has 1 unspecified atom stereocenters. The zero-order valence-electron chi connectivity index (χ0n) is 22.4. The van der Waals surface area contributed by atoms with Crippen LogP contribution >= 0.6 is 11.8 Å². The Hall–Kier alpha value is -2.80. The van der Waals surface area contributed by atoms with Gasteiger partial charge in [-0.05, 0) is 50.4 Å². The standard InChI is InChI=1S/C24H32N2O5S.C2HF3O2/c1-6-14(3)32-17-10-9-15(13-16(17)30-4)20-18-19(22(28)25(7-2)21(18)27)24(23(29)31-5)11-8-12-26(20)24;3-2(4,5)1(6)7/h9-10,13-14,18-20H,6-8,11-12H2,1-5H3;(H,6,7)/t14?,18-,19-,20+,24-;/m0./s1. The van der Waals surface area contributed by atoms with Gasteiger partial charge in [0.2, 0.25) is 11.8 Å². The van der Waals surface area contributed by atoms with Crippen molar-refractivity contribution in [3.63, 3.8) is 0 Å². The molecule has 3 fully saturated rings. The number of nitrogens with zero attached hydrogens (tertiary/aromatic N) is 2. The number of alkyl halides is 3. The molecule has 13 heteroatoms. The quantitative estimate of drug-likeness (QED) is 0.294. The van der Waals surface area contributed by atoms with E-state index in [1.54, 1.807) is 25.8 Å². The number of thioether (sulfide) groups is 1. The van der Waals surface area contributed by atoms with Gasteiger partial charge in [0.25, 0.3) is 0 Å². The molecule has 5 atom stereocenters. The van der Waals surface area contributed by atoms with Crippen LogP contribution in [0.1, 0.15) is 51.6 Å². The molecule has 1 aromatic rings. The second-order valence-electron chi connectivity index (χ2n) is 9.63. The zero-order valence-corrected chi connectivity index (χ0v) is 23.2. The van der Waals surface area contributed by atoms with E-state index >= 15 is 0 Å². The molecule has 3 heterocycles. The number of halogens is 3. The summed E-state index contributed by atoms with van der Waals surface area (Å²) in [5.74, 6) is -4.17. The van der Waals surface area contributed by atoms with Crippen LogP contribution in [0.15, 0.2) is 23.1 Å². The van der Waals surface area contributed by atoms with E-state index in [-0.39, 0.29) is 17.9 Å². The topological polar surface area (TPSA) is 113 Å². The molecular formula is C26H33F3N2O7S. The van der Waals surface area contributed by atoms with E-state index in [1.165, 1.54) is 12.0 Å². The number of esters is 1. The lowest BCUT2D eigenvalue weighted by Crippen LogP contribution is -2.54. The van der Waals surface area contributed by atoms with Crippen LogP contribution in [0.5, 0.6) is 5.75 Å². The average Bonchev–Trinajstić information content (AvgIpc) is 3.52. The minimum Gasteiger partial charge on any atom is -0.496 e. The van der Waals surface area contributed by atoms with Crippen LogP contribution in [0.4, 0.5) is 13.2 Å². The fourth-order valence-corrected chi connectivity index (χ4v) is 6.84. The Labute approximate surface area is 229 Å². The van der Waals surface area contributed by atoms with Gasteiger partial charge < -0.3 is 14.6 Å². The van der Waals surface area contributed by atoms with Crippen molar-refractivity contribution in [2.24, 2.45) is 11.8 Å². The number of carboxylic acids is 1. The van der Waals surface area contributed by atoms with Crippen molar-refractivity contribution in [1.29, 1.82) is 0 Å². The molecule has 0 saturated carbocycles. The van der Waals surface area contributed by atoms with Crippen molar-refractivity contribution in [1.82, 2.24) is 9.80 Å². The third-order valence-electron chi connectivity index (χ3n) is 7.63. The Morgan fingerprint density at radius 1 is 1.21 bits per heavy atom. The number of amides is 2. The summed E-state index contributed by atoms with van der Waals surface area (Å²) < 4.78 is 42.7. The molecule has 3 saturated heterocycles. The Bertz CT molecular complexity index is 1130. The van der Waals surface area contributed by atoms with Crippen LogP contribution in [-0.4, -0.2) is 82.9 Å². The highest BCUT2D eigenvalue weighted by Gasteiger charge is 2.73. The molecular weight excluding hydrogens is 541 g/mol. The first-order valence-electron chi connectivity index (χ1n) is 12.6. The molecule has 1 aromatic carbocycles. The maximum Gasteiger partial charge on any atom is 0.490 e. The van der Waals surface area contributed by atoms with E-state index in [4.69, 9.17) is 19.4 Å². The number of rotatable bonds is 7. The first kappa shape index (κ1) is 30.7. The summed E-state index contributed by atoms with van der Waals surface area (Å²) >= 11 is 1.76. The Morgan fingerprint density at radius 3 is 2.36 bits per heavy atom. The molecule has 0 bridgehead atoms. The zero-order chi connectivity index (χ0) is 29.3. The van der Waals surface area contributed by atoms with Crippen molar-refractivity contribution in [3.05, 3.63) is 23.8 Å². The van der Waals surface area contributed by atoms with Gasteiger partial charge in [-0.15, -0.1) is 11.8 Å². The lowest BCUT2D eigenvalue weighted by atomic mass is 9.77. The van der Waals surface area contributed by atoms with E-state index in [2.05, 4.69) is 18.7 Å². The first-order valence-corrected chi connectivity index (χ1v) is 13.5. The number of imide groups is 1. The molecule has 0 spiro atoms. The number of carboxylic acid groups (broad SMARTS) is 1. The maximum absolute atomic E-state index is 13.4. The number of likely N-dealkylation sites (tertiary alicyclic amines) is 1. The monoisotopic (exact) mass is 574 g/mol. The highest BCUT2D eigenvalue weighted by Crippen LogP contribution is 2.59. The van der Waals surface area contributed by atoms with Gasteiger partial charge in [0.15, 0.2) is 0 Å². The molecule has 2 amide bonds. The summed E-state index contributed by atoms with van der Waals surface area (Å²) in [6, 6.07) is 5.66. The fourth-order valence-electron chi connectivity index (χ4n) is 5.84. The molecule has 9 nitrogen and oxygen atoms in total. The first-order chi connectivity index (χ1) is 18.3. The summed E-state index contributed by atoms with van der Waals surface area (Å²) in [4.78, 5) is 53.2. The molecule has 3 aliphatic rings. The van der Waals surface area contributed by atoms with E-state index < -0.39 is 35.5 Å². The summed E-state index contributed by atoms with van der Waals surface area (Å²) in [5, 5.41) is 7.57. The normalized spacial score (nSPS) is 27.0. The number of hydrogen-bond donors (Lipinski definition) is 1. The lowest BCUT2D eigenvalue weighted by Gasteiger charge is -2.36. The van der Waals surface area contributed by atoms with Crippen molar-refractivity contribution in [3.8, 4) is 5.75 Å². The van der Waals surface area contributed by atoms with Gasteiger partial charge in [0, 0.05) is 22.7 Å². The smallest absolute Gasteiger partial charge is 0.490 e. The third-order valence-corrected chi connectivity index (χ3v) is 8.96. The van der Waals surface area contributed by atoms with Gasteiger partial charge in [-0.3, -0.25) is 24.2 Å². The summed E-state index contributed by atoms with van der Waals surface area (Å²) in [6.07, 6.45) is -2.74. The van der Waals surface area contributed by atoms with Crippen LogP contribution in [0.2, 0.25) is 0 Å². The van der Waals surface area contributed by atoms with Gasteiger partial charge >= 0.3 is 18.1 Å². The van der Waals surface area contributed by atoms with Crippen LogP contribution in [0.3, 0.4) is 0 Å². The van der Waals surface area contributed by atoms with Crippen LogP contribution in [-0.2, 0) is 23.9 Å². The van der Waals surface area contributed by atoms with Crippen molar-refractivity contribution < 1.29 is 46.9 Å². The summed E-state index contributed by atoms with van der Waals surface area (Å²) in [5.41, 5.74) is -0.185. The highest BCUT2D eigenvalue weighted by atomic mass is 32.2. The second kappa shape index (κ2) is 11.7. The minimum absolute atomic E-state index is 0.192. The molecule has 1 N–H and O–H groups in total. The number of hydrogen-bond acceptors (Lipinski definition) is 8. The predicted octanol–water partition coefficient (Wildman–Crippen LogP) is 3.90. The van der Waals surface area contributed by atoms with Crippen LogP contribution in [0.25, 0.3) is 0 Å². The van der Waals surface area contributed by atoms with E-state index in [0.717, 1.165) is 29.1 Å². The third kappa shape index (κ3) is 5.34. The summed E-state index contributed by atoms with van der Waals surface area (Å²) in [7, 11) is 3.01.